The van der Waals surface area contributed by atoms with Crippen molar-refractivity contribution in [3.8, 4) is 0 Å². The van der Waals surface area contributed by atoms with E-state index in [4.69, 9.17) is 0 Å². The van der Waals surface area contributed by atoms with Crippen LogP contribution in [-0.2, 0) is 4.79 Å². The molecule has 114 valence electrons. The number of nitrogens with one attached hydrogen (secondary N) is 1. The molecule has 2 fully saturated rings. The molecule has 5 heteroatoms. The lowest BCUT2D eigenvalue weighted by Crippen LogP contribution is -2.55. The zero-order valence-electron chi connectivity index (χ0n) is 12.6. The standard InChI is InChI=1S/C15H26N2O3/c1-14(12(18)19)8-10-17(11-9-14)13(20)16-15(2)6-4-3-5-7-15/h3-11H2,1-2H3,(H,16,20)(H,18,19). The maximum atomic E-state index is 12.3. The fourth-order valence-electron chi connectivity index (χ4n) is 3.21. The van der Waals surface area contributed by atoms with Gasteiger partial charge in [0.1, 0.15) is 0 Å². The minimum absolute atomic E-state index is 0.0261. The van der Waals surface area contributed by atoms with Gasteiger partial charge in [0.2, 0.25) is 0 Å². The molecule has 2 rings (SSSR count). The number of carbonyl (C=O) groups excluding carboxylic acids is 1. The number of piperidine rings is 1. The first-order valence-electron chi connectivity index (χ1n) is 7.65. The molecule has 0 spiro atoms. The number of aliphatic carboxylic acids is 1. The van der Waals surface area contributed by atoms with Gasteiger partial charge in [0, 0.05) is 18.6 Å². The number of carboxylic acids is 1. The van der Waals surface area contributed by atoms with Gasteiger partial charge in [0.05, 0.1) is 5.41 Å². The Balaban J connectivity index is 1.87. The Hall–Kier alpha value is -1.26. The summed E-state index contributed by atoms with van der Waals surface area (Å²) in [5.41, 5.74) is -0.756. The van der Waals surface area contributed by atoms with Gasteiger partial charge in [-0.2, -0.15) is 0 Å². The average molecular weight is 282 g/mol. The maximum Gasteiger partial charge on any atom is 0.317 e. The molecular formula is C15H26N2O3. The number of nitrogens with zero attached hydrogens (tertiary/aromatic N) is 1. The van der Waals surface area contributed by atoms with Crippen molar-refractivity contribution in [1.29, 1.82) is 0 Å². The molecule has 5 nitrogen and oxygen atoms in total. The number of urea groups is 1. The fourth-order valence-corrected chi connectivity index (χ4v) is 3.21. The number of carboxylic acid groups (broad SMARTS) is 1. The molecule has 2 aliphatic rings. The number of amides is 2. The van der Waals surface area contributed by atoms with E-state index < -0.39 is 11.4 Å². The minimum Gasteiger partial charge on any atom is -0.481 e. The van der Waals surface area contributed by atoms with Crippen LogP contribution in [0.25, 0.3) is 0 Å². The van der Waals surface area contributed by atoms with E-state index in [1.165, 1.54) is 19.3 Å². The van der Waals surface area contributed by atoms with Crippen molar-refractivity contribution in [2.45, 2.75) is 64.3 Å². The van der Waals surface area contributed by atoms with Crippen molar-refractivity contribution in [2.24, 2.45) is 5.41 Å². The highest BCUT2D eigenvalue weighted by Gasteiger charge is 2.39. The first kappa shape index (κ1) is 15.1. The van der Waals surface area contributed by atoms with Crippen LogP contribution in [0.5, 0.6) is 0 Å². The number of hydrogen-bond acceptors (Lipinski definition) is 2. The molecule has 1 heterocycles. The summed E-state index contributed by atoms with van der Waals surface area (Å²) in [5.74, 6) is -0.753. The van der Waals surface area contributed by atoms with E-state index in [-0.39, 0.29) is 11.6 Å². The van der Waals surface area contributed by atoms with Crippen molar-refractivity contribution < 1.29 is 14.7 Å². The van der Waals surface area contributed by atoms with E-state index in [9.17, 15) is 14.7 Å². The second-order valence-electron chi connectivity index (χ2n) is 6.90. The molecule has 1 aliphatic heterocycles. The predicted octanol–water partition coefficient (Wildman–Crippen LogP) is 2.61. The monoisotopic (exact) mass is 282 g/mol. The molecule has 1 aliphatic carbocycles. The molecule has 0 aromatic rings. The first-order chi connectivity index (χ1) is 9.35. The topological polar surface area (TPSA) is 69.6 Å². The van der Waals surface area contributed by atoms with Crippen LogP contribution in [0.1, 0.15) is 58.8 Å². The van der Waals surface area contributed by atoms with Crippen LogP contribution in [0.15, 0.2) is 0 Å². The summed E-state index contributed by atoms with van der Waals surface area (Å²) < 4.78 is 0. The van der Waals surface area contributed by atoms with E-state index in [0.29, 0.717) is 25.9 Å². The van der Waals surface area contributed by atoms with Crippen LogP contribution in [-0.4, -0.2) is 40.6 Å². The highest BCUT2D eigenvalue weighted by atomic mass is 16.4. The largest absolute Gasteiger partial charge is 0.481 e. The lowest BCUT2D eigenvalue weighted by atomic mass is 9.80. The Morgan fingerprint density at radius 2 is 1.55 bits per heavy atom. The number of rotatable bonds is 2. The molecule has 2 amide bonds. The van der Waals surface area contributed by atoms with Crippen molar-refractivity contribution in [3.63, 3.8) is 0 Å². The third-order valence-electron chi connectivity index (χ3n) is 5.04. The van der Waals surface area contributed by atoms with E-state index in [0.717, 1.165) is 12.8 Å². The van der Waals surface area contributed by atoms with Gasteiger partial charge >= 0.3 is 12.0 Å². The zero-order chi connectivity index (χ0) is 14.8. The van der Waals surface area contributed by atoms with Gasteiger partial charge in [-0.3, -0.25) is 4.79 Å². The Bertz CT molecular complexity index is 381. The Morgan fingerprint density at radius 1 is 1.00 bits per heavy atom. The molecule has 0 aromatic heterocycles. The normalized spacial score (nSPS) is 25.0. The highest BCUT2D eigenvalue weighted by molar-refractivity contribution is 5.77. The summed E-state index contributed by atoms with van der Waals surface area (Å²) in [5, 5.41) is 12.4. The molecule has 1 saturated carbocycles. The summed E-state index contributed by atoms with van der Waals surface area (Å²) in [4.78, 5) is 25.3. The molecule has 2 N–H and O–H groups in total. The van der Waals surface area contributed by atoms with E-state index >= 15 is 0 Å². The fraction of sp³-hybridized carbons (Fsp3) is 0.867. The Labute approximate surface area is 120 Å². The zero-order valence-corrected chi connectivity index (χ0v) is 12.6. The van der Waals surface area contributed by atoms with Crippen molar-refractivity contribution in [3.05, 3.63) is 0 Å². The lowest BCUT2D eigenvalue weighted by molar-refractivity contribution is -0.150. The van der Waals surface area contributed by atoms with Gasteiger partial charge in [-0.1, -0.05) is 19.3 Å². The number of carbonyl (C=O) groups is 2. The van der Waals surface area contributed by atoms with Crippen LogP contribution < -0.4 is 5.32 Å². The highest BCUT2D eigenvalue weighted by Crippen LogP contribution is 2.32. The van der Waals surface area contributed by atoms with E-state index in [1.54, 1.807) is 11.8 Å². The van der Waals surface area contributed by atoms with Gasteiger partial charge in [-0.25, -0.2) is 4.79 Å². The Morgan fingerprint density at radius 3 is 2.05 bits per heavy atom. The molecule has 1 saturated heterocycles. The van der Waals surface area contributed by atoms with Crippen LogP contribution in [0.2, 0.25) is 0 Å². The molecule has 0 aromatic carbocycles. The van der Waals surface area contributed by atoms with E-state index in [2.05, 4.69) is 12.2 Å². The lowest BCUT2D eigenvalue weighted by Gasteiger charge is -2.40. The molecule has 0 bridgehead atoms. The molecule has 0 unspecified atom stereocenters. The molecular weight excluding hydrogens is 256 g/mol. The summed E-state index contributed by atoms with van der Waals surface area (Å²) in [7, 11) is 0. The molecule has 0 atom stereocenters. The summed E-state index contributed by atoms with van der Waals surface area (Å²) in [6.07, 6.45) is 6.76. The van der Waals surface area contributed by atoms with Crippen LogP contribution in [0.4, 0.5) is 4.79 Å². The van der Waals surface area contributed by atoms with Gasteiger partial charge in [-0.15, -0.1) is 0 Å². The van der Waals surface area contributed by atoms with Crippen molar-refractivity contribution >= 4 is 12.0 Å². The van der Waals surface area contributed by atoms with Gasteiger partial charge in [0.15, 0.2) is 0 Å². The van der Waals surface area contributed by atoms with Gasteiger partial charge in [-0.05, 0) is 39.5 Å². The molecule has 20 heavy (non-hydrogen) atoms. The predicted molar refractivity (Wildman–Crippen MR) is 76.6 cm³/mol. The Kier molecular flexibility index (Phi) is 4.25. The van der Waals surface area contributed by atoms with Gasteiger partial charge in [0.25, 0.3) is 0 Å². The molecule has 0 radical (unpaired) electrons. The quantitative estimate of drug-likeness (QED) is 0.818. The van der Waals surface area contributed by atoms with Crippen LogP contribution in [0.3, 0.4) is 0 Å². The second-order valence-corrected chi connectivity index (χ2v) is 6.90. The number of likely N-dealkylation sites (tertiary alicyclic amines) is 1. The average Bonchev–Trinajstić information content (AvgIpc) is 2.39. The third kappa shape index (κ3) is 3.25. The smallest absolute Gasteiger partial charge is 0.317 e. The van der Waals surface area contributed by atoms with Crippen molar-refractivity contribution in [2.75, 3.05) is 13.1 Å². The van der Waals surface area contributed by atoms with Crippen molar-refractivity contribution in [1.82, 2.24) is 10.2 Å². The number of hydrogen-bond donors (Lipinski definition) is 2. The second kappa shape index (κ2) is 5.62. The van der Waals surface area contributed by atoms with Gasteiger partial charge < -0.3 is 15.3 Å². The third-order valence-corrected chi connectivity index (χ3v) is 5.04. The summed E-state index contributed by atoms with van der Waals surface area (Å²) in [6.45, 7) is 4.96. The van der Waals surface area contributed by atoms with E-state index in [1.807, 2.05) is 0 Å². The minimum atomic E-state index is -0.753. The van der Waals surface area contributed by atoms with Crippen LogP contribution >= 0.6 is 0 Å². The van der Waals surface area contributed by atoms with Crippen LogP contribution in [0, 0.1) is 5.41 Å². The SMILES string of the molecule is CC1(NC(=O)N2CCC(C)(C(=O)O)CC2)CCCCC1. The first-order valence-corrected chi connectivity index (χ1v) is 7.65. The maximum absolute atomic E-state index is 12.3. The summed E-state index contributed by atoms with van der Waals surface area (Å²) >= 11 is 0. The summed E-state index contributed by atoms with van der Waals surface area (Å²) in [6, 6.07) is -0.0261.